The first-order valence-corrected chi connectivity index (χ1v) is 10.8. The van der Waals surface area contributed by atoms with E-state index in [1.165, 1.54) is 21.4 Å². The maximum atomic E-state index is 10.6. The zero-order valence-electron chi connectivity index (χ0n) is 15.7. The fraction of sp³-hybridized carbons (Fsp3) is 0.350. The molecule has 3 aromatic rings. The van der Waals surface area contributed by atoms with Gasteiger partial charge in [-0.1, -0.05) is 12.1 Å². The van der Waals surface area contributed by atoms with Gasteiger partial charge in [-0.25, -0.2) is 9.71 Å². The van der Waals surface area contributed by atoms with Gasteiger partial charge in [-0.3, -0.25) is 4.21 Å². The van der Waals surface area contributed by atoms with Crippen LogP contribution in [0.5, 0.6) is 5.75 Å². The molecule has 7 heteroatoms. The molecule has 0 spiro atoms. The van der Waals surface area contributed by atoms with E-state index in [0.717, 1.165) is 41.1 Å². The number of unbranched alkanes of at least 4 members (excludes halogenated alkanes) is 1. The first kappa shape index (κ1) is 19.9. The minimum Gasteiger partial charge on any atom is -0.760 e. The molecule has 27 heavy (non-hydrogen) atoms. The molecule has 5 nitrogen and oxygen atoms in total. The second-order valence-corrected chi connectivity index (χ2v) is 8.42. The van der Waals surface area contributed by atoms with E-state index < -0.39 is 11.3 Å². The van der Waals surface area contributed by atoms with Crippen molar-refractivity contribution in [2.45, 2.75) is 33.1 Å². The molecule has 0 bridgehead atoms. The molecule has 2 heterocycles. The number of aromatic nitrogens is 1. The zero-order valence-corrected chi connectivity index (χ0v) is 17.3. The Morgan fingerprint density at radius 1 is 1.26 bits per heavy atom. The van der Waals surface area contributed by atoms with Gasteiger partial charge in [0.1, 0.15) is 10.6 Å². The van der Waals surface area contributed by atoms with E-state index in [2.05, 4.69) is 29.8 Å². The molecule has 144 valence electrons. The summed E-state index contributed by atoms with van der Waals surface area (Å²) in [6.45, 7) is 4.62. The predicted molar refractivity (Wildman–Crippen MR) is 111 cm³/mol. The zero-order chi connectivity index (χ0) is 19.4. The Kier molecular flexibility index (Phi) is 6.59. The first-order valence-electron chi connectivity index (χ1n) is 8.86. The summed E-state index contributed by atoms with van der Waals surface area (Å²) in [6.07, 6.45) is 2.60. The Morgan fingerprint density at radius 3 is 2.81 bits per heavy atom. The van der Waals surface area contributed by atoms with E-state index in [0.29, 0.717) is 6.54 Å². The summed E-state index contributed by atoms with van der Waals surface area (Å²) < 4.78 is 29.0. The molecule has 1 atom stereocenters. The number of hydrogen-bond donors (Lipinski definition) is 1. The van der Waals surface area contributed by atoms with Gasteiger partial charge in [-0.2, -0.15) is 0 Å². The van der Waals surface area contributed by atoms with Gasteiger partial charge in [0, 0.05) is 39.3 Å². The normalized spacial score (nSPS) is 12.4. The number of pyridine rings is 1. The molecular weight excluding hydrogens is 380 g/mol. The number of thiophene rings is 1. The molecule has 0 amide bonds. The standard InChI is InChI=1S/C20H24N2O3S2/c1-13-11-15(7-4-5-10-21-27(23)24)19-18(14(2)26-20(19)22-13)16-8-6-9-17(12-16)25-3/h6,8-9,11-12,21H,4-5,7,10H2,1-3H3,(H,23,24)/p-1. The van der Waals surface area contributed by atoms with Crippen LogP contribution in [0.15, 0.2) is 30.3 Å². The number of hydrogen-bond acceptors (Lipinski definition) is 5. The number of nitrogens with one attached hydrogen (secondary N) is 1. The third kappa shape index (κ3) is 4.73. The number of rotatable bonds is 8. The summed E-state index contributed by atoms with van der Waals surface area (Å²) in [6, 6.07) is 10.3. The van der Waals surface area contributed by atoms with Gasteiger partial charge in [0.25, 0.3) is 0 Å². The minimum atomic E-state index is -2.19. The number of aryl methyl sites for hydroxylation is 3. The van der Waals surface area contributed by atoms with Gasteiger partial charge in [-0.05, 0) is 62.4 Å². The van der Waals surface area contributed by atoms with Crippen LogP contribution in [-0.2, 0) is 17.7 Å². The van der Waals surface area contributed by atoms with Crippen molar-refractivity contribution in [2.24, 2.45) is 0 Å². The van der Waals surface area contributed by atoms with Gasteiger partial charge in [0.15, 0.2) is 0 Å². The van der Waals surface area contributed by atoms with E-state index in [-0.39, 0.29) is 0 Å². The molecule has 3 rings (SSSR count). The van der Waals surface area contributed by atoms with E-state index in [1.54, 1.807) is 18.4 Å². The molecule has 0 aliphatic heterocycles. The van der Waals surface area contributed by atoms with Crippen molar-refractivity contribution in [3.63, 3.8) is 0 Å². The maximum absolute atomic E-state index is 10.6. The van der Waals surface area contributed by atoms with Crippen LogP contribution >= 0.6 is 11.3 Å². The van der Waals surface area contributed by atoms with Gasteiger partial charge >= 0.3 is 0 Å². The first-order chi connectivity index (χ1) is 13.0. The van der Waals surface area contributed by atoms with Crippen molar-refractivity contribution in [3.8, 4) is 16.9 Å². The summed E-state index contributed by atoms with van der Waals surface area (Å²) in [4.78, 5) is 7.04. The average molecular weight is 404 g/mol. The molecule has 2 aromatic heterocycles. The Labute approximate surface area is 166 Å². The van der Waals surface area contributed by atoms with Crippen LogP contribution < -0.4 is 9.46 Å². The quantitative estimate of drug-likeness (QED) is 0.450. The number of nitrogens with zero attached hydrogens (tertiary/aromatic N) is 1. The number of ether oxygens (including phenoxy) is 1. The molecule has 1 aromatic carbocycles. The highest BCUT2D eigenvalue weighted by Crippen LogP contribution is 2.40. The SMILES string of the molecule is COc1cccc(-c2c(C)sc3nc(C)cc(CCCCNS(=O)[O-])c23)c1. The lowest BCUT2D eigenvalue weighted by Gasteiger charge is -2.10. The summed E-state index contributed by atoms with van der Waals surface area (Å²) >= 11 is -0.471. The van der Waals surface area contributed by atoms with Crippen LogP contribution in [0.25, 0.3) is 21.3 Å². The molecule has 1 unspecified atom stereocenters. The minimum absolute atomic E-state index is 0.467. The lowest BCUT2D eigenvalue weighted by Crippen LogP contribution is -2.17. The maximum Gasteiger partial charge on any atom is 0.124 e. The summed E-state index contributed by atoms with van der Waals surface area (Å²) in [5, 5.41) is 1.21. The Bertz CT molecular complexity index is 969. The van der Waals surface area contributed by atoms with Crippen molar-refractivity contribution >= 4 is 32.8 Å². The summed E-state index contributed by atoms with van der Waals surface area (Å²) in [5.74, 6) is 0.838. The van der Waals surface area contributed by atoms with Crippen molar-refractivity contribution in [1.82, 2.24) is 9.71 Å². The third-order valence-corrected chi connectivity index (χ3v) is 5.94. The van der Waals surface area contributed by atoms with Crippen LogP contribution in [-0.4, -0.2) is 27.4 Å². The predicted octanol–water partition coefficient (Wildman–Crippen LogP) is 4.30. The summed E-state index contributed by atoms with van der Waals surface area (Å²) in [5.41, 5.74) is 4.63. The van der Waals surface area contributed by atoms with E-state index in [4.69, 9.17) is 9.72 Å². The van der Waals surface area contributed by atoms with Crippen molar-refractivity contribution in [3.05, 3.63) is 46.5 Å². The van der Waals surface area contributed by atoms with Crippen LogP contribution in [0, 0.1) is 13.8 Å². The smallest absolute Gasteiger partial charge is 0.124 e. The topological polar surface area (TPSA) is 74.3 Å². The number of benzene rings is 1. The average Bonchev–Trinajstić information content (AvgIpc) is 2.96. The van der Waals surface area contributed by atoms with Crippen LogP contribution in [0.1, 0.15) is 29.0 Å². The number of methoxy groups -OCH3 is 1. The van der Waals surface area contributed by atoms with Crippen LogP contribution in [0.3, 0.4) is 0 Å². The molecule has 0 aliphatic rings. The molecule has 0 fully saturated rings. The highest BCUT2D eigenvalue weighted by atomic mass is 32.2. The highest BCUT2D eigenvalue weighted by molar-refractivity contribution is 7.77. The van der Waals surface area contributed by atoms with Gasteiger partial charge in [-0.15, -0.1) is 11.3 Å². The van der Waals surface area contributed by atoms with Gasteiger partial charge in [0.05, 0.1) is 7.11 Å². The van der Waals surface area contributed by atoms with Gasteiger partial charge in [0.2, 0.25) is 0 Å². The molecular formula is C20H23N2O3S2-. The molecule has 0 aliphatic carbocycles. The lowest BCUT2D eigenvalue weighted by atomic mass is 9.97. The van der Waals surface area contributed by atoms with E-state index in [9.17, 15) is 8.76 Å². The highest BCUT2D eigenvalue weighted by Gasteiger charge is 2.16. The van der Waals surface area contributed by atoms with Crippen molar-refractivity contribution < 1.29 is 13.5 Å². The van der Waals surface area contributed by atoms with Crippen LogP contribution in [0.2, 0.25) is 0 Å². The molecule has 0 saturated heterocycles. The Morgan fingerprint density at radius 2 is 2.07 bits per heavy atom. The van der Waals surface area contributed by atoms with E-state index in [1.807, 2.05) is 19.1 Å². The van der Waals surface area contributed by atoms with E-state index >= 15 is 0 Å². The van der Waals surface area contributed by atoms with Gasteiger partial charge < -0.3 is 9.29 Å². The second-order valence-electron chi connectivity index (χ2n) is 6.45. The fourth-order valence-corrected chi connectivity index (χ4v) is 4.79. The largest absolute Gasteiger partial charge is 0.760 e. The molecule has 0 saturated carbocycles. The number of fused-ring (bicyclic) bond motifs is 1. The van der Waals surface area contributed by atoms with Crippen molar-refractivity contribution in [1.29, 1.82) is 0 Å². The van der Waals surface area contributed by atoms with Crippen LogP contribution in [0.4, 0.5) is 0 Å². The summed E-state index contributed by atoms with van der Waals surface area (Å²) in [7, 11) is 1.68. The second kappa shape index (κ2) is 8.93. The Balaban J connectivity index is 1.97. The van der Waals surface area contributed by atoms with Crippen molar-refractivity contribution in [2.75, 3.05) is 13.7 Å². The molecule has 0 radical (unpaired) electrons. The lowest BCUT2D eigenvalue weighted by molar-refractivity contribution is 0.415. The monoisotopic (exact) mass is 403 g/mol. The fourth-order valence-electron chi connectivity index (χ4n) is 3.34. The Hall–Kier alpha value is -1.80. The molecule has 1 N–H and O–H groups in total. The third-order valence-electron chi connectivity index (χ3n) is 4.50.